The van der Waals surface area contributed by atoms with Gasteiger partial charge in [0.15, 0.2) is 0 Å². The average molecular weight is 562 g/mol. The van der Waals surface area contributed by atoms with E-state index >= 15 is 0 Å². The number of nitro benzene ring substituents is 1. The third kappa shape index (κ3) is 6.47. The Bertz CT molecular complexity index is 1440. The molecule has 1 heterocycles. The fourth-order valence-corrected chi connectivity index (χ4v) is 4.37. The normalized spacial score (nSPS) is 11.5. The lowest BCUT2D eigenvalue weighted by molar-refractivity contribution is -0.384. The van der Waals surface area contributed by atoms with E-state index in [-0.39, 0.29) is 30.3 Å². The second-order valence-corrected chi connectivity index (χ2v) is 9.26. The Morgan fingerprint density at radius 2 is 1.73 bits per heavy atom. The number of nitro groups is 1. The number of rotatable bonds is 9. The van der Waals surface area contributed by atoms with Gasteiger partial charge in [-0.3, -0.25) is 24.4 Å². The fourth-order valence-electron chi connectivity index (χ4n) is 3.93. The lowest BCUT2D eigenvalue weighted by atomic mass is 10.0. The molecule has 0 aliphatic carbocycles. The van der Waals surface area contributed by atoms with Crippen molar-refractivity contribution in [2.75, 3.05) is 7.05 Å². The Kier molecular flexibility index (Phi) is 8.09. The molecule has 4 aromatic rings. The van der Waals surface area contributed by atoms with Crippen molar-refractivity contribution in [2.24, 2.45) is 0 Å². The highest BCUT2D eigenvalue weighted by atomic mass is 79.9. The number of carbonyl (C=O) groups excluding carboxylic acids is 2. The molecule has 2 N–H and O–H groups in total. The number of likely N-dealkylation sites (N-methyl/N-ethyl adjacent to an activating group) is 1. The predicted molar refractivity (Wildman–Crippen MR) is 143 cm³/mol. The maximum absolute atomic E-state index is 13.5. The third-order valence-electron chi connectivity index (χ3n) is 5.73. The summed E-state index contributed by atoms with van der Waals surface area (Å²) in [4.78, 5) is 36.9. The van der Waals surface area contributed by atoms with Crippen molar-refractivity contribution in [3.8, 4) is 11.3 Å². The first-order chi connectivity index (χ1) is 17.8. The molecule has 1 atom stereocenters. The standard InChI is InChI=1S/C27H24BrN5O4/c1-29-26(34)24(15-18-7-5-11-21(28)13-18)30-27(35)25-16-23(20-9-3-2-4-10-20)31-32(25)17-19-8-6-12-22(14-19)33(36)37/h2-14,16,24H,15,17H2,1H3,(H,29,34)(H,30,35). The van der Waals surface area contributed by atoms with Gasteiger partial charge in [-0.1, -0.05) is 70.5 Å². The van der Waals surface area contributed by atoms with Gasteiger partial charge in [-0.05, 0) is 29.3 Å². The summed E-state index contributed by atoms with van der Waals surface area (Å²) in [6.07, 6.45) is 0.287. The maximum Gasteiger partial charge on any atom is 0.270 e. The number of amides is 2. The number of hydrogen-bond acceptors (Lipinski definition) is 5. The first-order valence-electron chi connectivity index (χ1n) is 11.5. The Labute approximate surface area is 221 Å². The number of nitrogens with one attached hydrogen (secondary N) is 2. The number of non-ortho nitro benzene ring substituents is 1. The maximum atomic E-state index is 13.5. The van der Waals surface area contributed by atoms with Gasteiger partial charge in [0, 0.05) is 35.6 Å². The highest BCUT2D eigenvalue weighted by Crippen LogP contribution is 2.21. The molecule has 0 aliphatic rings. The van der Waals surface area contributed by atoms with E-state index in [0.29, 0.717) is 11.3 Å². The van der Waals surface area contributed by atoms with Crippen LogP contribution in [0.4, 0.5) is 5.69 Å². The topological polar surface area (TPSA) is 119 Å². The van der Waals surface area contributed by atoms with Crippen LogP contribution in [0.5, 0.6) is 0 Å². The van der Waals surface area contributed by atoms with Crippen LogP contribution < -0.4 is 10.6 Å². The molecular formula is C27H24BrN5O4. The number of benzene rings is 3. The lowest BCUT2D eigenvalue weighted by Crippen LogP contribution is -2.47. The molecule has 0 fully saturated rings. The van der Waals surface area contributed by atoms with Crippen LogP contribution in [0.2, 0.25) is 0 Å². The van der Waals surface area contributed by atoms with Crippen molar-refractivity contribution >= 4 is 33.4 Å². The van der Waals surface area contributed by atoms with Gasteiger partial charge in [-0.15, -0.1) is 0 Å². The van der Waals surface area contributed by atoms with Crippen molar-refractivity contribution in [1.29, 1.82) is 0 Å². The molecular weight excluding hydrogens is 538 g/mol. The Morgan fingerprint density at radius 3 is 2.43 bits per heavy atom. The van der Waals surface area contributed by atoms with E-state index in [2.05, 4.69) is 31.7 Å². The highest BCUT2D eigenvalue weighted by Gasteiger charge is 2.24. The SMILES string of the molecule is CNC(=O)C(Cc1cccc(Br)c1)NC(=O)c1cc(-c2ccccc2)nn1Cc1cccc([N+](=O)[O-])c1. The summed E-state index contributed by atoms with van der Waals surface area (Å²) in [5.41, 5.74) is 3.05. The minimum absolute atomic E-state index is 0.0485. The van der Waals surface area contributed by atoms with Crippen LogP contribution in [-0.2, 0) is 17.8 Å². The zero-order valence-corrected chi connectivity index (χ0v) is 21.5. The molecule has 37 heavy (non-hydrogen) atoms. The molecule has 10 heteroatoms. The molecule has 0 saturated carbocycles. The number of carbonyl (C=O) groups is 2. The van der Waals surface area contributed by atoms with Crippen LogP contribution in [0, 0.1) is 10.1 Å². The van der Waals surface area contributed by atoms with Gasteiger partial charge in [0.1, 0.15) is 11.7 Å². The van der Waals surface area contributed by atoms with Gasteiger partial charge in [0.2, 0.25) is 5.91 Å². The van der Waals surface area contributed by atoms with E-state index in [1.807, 2.05) is 54.6 Å². The summed E-state index contributed by atoms with van der Waals surface area (Å²) in [6.45, 7) is 0.132. The van der Waals surface area contributed by atoms with Crippen molar-refractivity contribution in [1.82, 2.24) is 20.4 Å². The van der Waals surface area contributed by atoms with Crippen molar-refractivity contribution in [3.63, 3.8) is 0 Å². The monoisotopic (exact) mass is 561 g/mol. The second-order valence-electron chi connectivity index (χ2n) is 8.34. The molecule has 0 radical (unpaired) electrons. The highest BCUT2D eigenvalue weighted by molar-refractivity contribution is 9.10. The van der Waals surface area contributed by atoms with E-state index in [1.54, 1.807) is 18.2 Å². The first kappa shape index (κ1) is 25.8. The van der Waals surface area contributed by atoms with E-state index in [9.17, 15) is 19.7 Å². The molecule has 9 nitrogen and oxygen atoms in total. The van der Waals surface area contributed by atoms with Gasteiger partial charge < -0.3 is 10.6 Å². The Hall–Kier alpha value is -4.31. The molecule has 1 unspecified atom stereocenters. The largest absolute Gasteiger partial charge is 0.357 e. The molecule has 1 aromatic heterocycles. The van der Waals surface area contributed by atoms with Crippen LogP contribution in [0.15, 0.2) is 89.4 Å². The van der Waals surface area contributed by atoms with Gasteiger partial charge in [0.25, 0.3) is 11.6 Å². The minimum atomic E-state index is -0.826. The van der Waals surface area contributed by atoms with Crippen molar-refractivity contribution < 1.29 is 14.5 Å². The molecule has 2 amide bonds. The first-order valence-corrected chi connectivity index (χ1v) is 12.3. The quantitative estimate of drug-likeness (QED) is 0.232. The fraction of sp³-hybridized carbons (Fsp3) is 0.148. The van der Waals surface area contributed by atoms with Gasteiger partial charge in [0.05, 0.1) is 17.2 Å². The third-order valence-corrected chi connectivity index (χ3v) is 6.23. The summed E-state index contributed by atoms with van der Waals surface area (Å²) >= 11 is 3.43. The molecule has 4 rings (SSSR count). The molecule has 0 bridgehead atoms. The number of nitrogens with zero attached hydrogens (tertiary/aromatic N) is 3. The molecule has 3 aromatic carbocycles. The lowest BCUT2D eigenvalue weighted by Gasteiger charge is -2.18. The van der Waals surface area contributed by atoms with Crippen LogP contribution in [0.3, 0.4) is 0 Å². The molecule has 0 saturated heterocycles. The summed E-state index contributed by atoms with van der Waals surface area (Å²) in [7, 11) is 1.52. The summed E-state index contributed by atoms with van der Waals surface area (Å²) in [5, 5.41) is 21.3. The van der Waals surface area contributed by atoms with E-state index in [1.165, 1.54) is 23.9 Å². The smallest absolute Gasteiger partial charge is 0.270 e. The van der Waals surface area contributed by atoms with Crippen LogP contribution in [0.25, 0.3) is 11.3 Å². The van der Waals surface area contributed by atoms with Crippen LogP contribution >= 0.6 is 15.9 Å². The number of halogens is 1. The van der Waals surface area contributed by atoms with Gasteiger partial charge >= 0.3 is 0 Å². The van der Waals surface area contributed by atoms with Gasteiger partial charge in [-0.2, -0.15) is 5.10 Å². The predicted octanol–water partition coefficient (Wildman–Crippen LogP) is 4.36. The summed E-state index contributed by atoms with van der Waals surface area (Å²) in [6, 6.07) is 23.9. The van der Waals surface area contributed by atoms with Gasteiger partial charge in [-0.25, -0.2) is 0 Å². The number of aromatic nitrogens is 2. The molecule has 188 valence electrons. The van der Waals surface area contributed by atoms with Crippen LogP contribution in [-0.4, -0.2) is 39.6 Å². The Balaban J connectivity index is 1.67. The second kappa shape index (κ2) is 11.6. The summed E-state index contributed by atoms with van der Waals surface area (Å²) in [5.74, 6) is -0.815. The zero-order valence-electron chi connectivity index (χ0n) is 19.9. The van der Waals surface area contributed by atoms with Crippen molar-refractivity contribution in [3.05, 3.63) is 116 Å². The van der Waals surface area contributed by atoms with E-state index < -0.39 is 16.9 Å². The molecule has 0 aliphatic heterocycles. The zero-order chi connectivity index (χ0) is 26.4. The van der Waals surface area contributed by atoms with Crippen LogP contribution in [0.1, 0.15) is 21.6 Å². The number of hydrogen-bond donors (Lipinski definition) is 2. The Morgan fingerprint density at radius 1 is 1.00 bits per heavy atom. The average Bonchev–Trinajstić information content (AvgIpc) is 3.32. The molecule has 0 spiro atoms. The van der Waals surface area contributed by atoms with Crippen molar-refractivity contribution in [2.45, 2.75) is 19.0 Å². The minimum Gasteiger partial charge on any atom is -0.357 e. The summed E-state index contributed by atoms with van der Waals surface area (Å²) < 4.78 is 2.37. The van der Waals surface area contributed by atoms with E-state index in [4.69, 9.17) is 0 Å². The van der Waals surface area contributed by atoms with E-state index in [0.717, 1.165) is 15.6 Å².